The molecule has 0 aliphatic carbocycles. The first-order chi connectivity index (χ1) is 9.60. The number of benzene rings is 1. The van der Waals surface area contributed by atoms with Crippen LogP contribution in [0.2, 0.25) is 0 Å². The summed E-state index contributed by atoms with van der Waals surface area (Å²) in [4.78, 5) is 15.8. The molecule has 0 unspecified atom stereocenters. The van der Waals surface area contributed by atoms with E-state index in [-0.39, 0.29) is 25.0 Å². The summed E-state index contributed by atoms with van der Waals surface area (Å²) >= 11 is 0. The van der Waals surface area contributed by atoms with E-state index in [2.05, 4.69) is 10.1 Å². The van der Waals surface area contributed by atoms with E-state index in [0.717, 1.165) is 5.56 Å². The molecule has 7 heteroatoms. The maximum absolute atomic E-state index is 11.1. The second-order valence-electron chi connectivity index (χ2n) is 4.07. The summed E-state index contributed by atoms with van der Waals surface area (Å²) in [5, 5.41) is 13.3. The minimum absolute atomic E-state index is 0.0869. The van der Waals surface area contributed by atoms with Crippen molar-refractivity contribution in [3.8, 4) is 17.4 Å². The smallest absolute Gasteiger partial charge is 0.344 e. The maximum Gasteiger partial charge on any atom is 0.344 e. The summed E-state index contributed by atoms with van der Waals surface area (Å²) in [7, 11) is 0. The molecule has 2 aromatic rings. The number of carbonyl (C=O) groups is 1. The van der Waals surface area contributed by atoms with Gasteiger partial charge in [-0.25, -0.2) is 4.79 Å². The number of esters is 1. The van der Waals surface area contributed by atoms with Crippen LogP contribution in [0.3, 0.4) is 0 Å². The molecule has 106 valence electrons. The number of aryl methyl sites for hydroxylation is 1. The predicted octanol–water partition coefficient (Wildman–Crippen LogP) is 1.43. The molecule has 0 atom stereocenters. The quantitative estimate of drug-likeness (QED) is 0.657. The summed E-state index contributed by atoms with van der Waals surface area (Å²) in [6, 6.07) is 7.31. The van der Waals surface area contributed by atoms with Crippen LogP contribution in [0, 0.1) is 6.92 Å². The van der Waals surface area contributed by atoms with Gasteiger partial charge in [-0.05, 0) is 13.8 Å². The Balaban J connectivity index is 2.09. The molecule has 20 heavy (non-hydrogen) atoms. The zero-order chi connectivity index (χ0) is 14.5. The van der Waals surface area contributed by atoms with Crippen LogP contribution >= 0.6 is 0 Å². The average molecular weight is 277 g/mol. The number of hydrogen-bond donors (Lipinski definition) is 1. The van der Waals surface area contributed by atoms with Gasteiger partial charge in [0.2, 0.25) is 5.82 Å². The zero-order valence-corrected chi connectivity index (χ0v) is 11.2. The molecular formula is C13H15N3O4. The maximum atomic E-state index is 11.1. The van der Waals surface area contributed by atoms with Crippen LogP contribution in [0.4, 0.5) is 0 Å². The van der Waals surface area contributed by atoms with Crippen LogP contribution in [0.5, 0.6) is 6.01 Å². The van der Waals surface area contributed by atoms with E-state index in [9.17, 15) is 10.0 Å². The van der Waals surface area contributed by atoms with E-state index in [1.54, 1.807) is 19.1 Å². The first-order valence-corrected chi connectivity index (χ1v) is 6.12. The molecule has 1 aromatic carbocycles. The van der Waals surface area contributed by atoms with E-state index in [4.69, 9.17) is 9.47 Å². The summed E-state index contributed by atoms with van der Waals surface area (Å²) in [6.45, 7) is 3.64. The molecule has 0 aliphatic rings. The Morgan fingerprint density at radius 1 is 1.35 bits per heavy atom. The third kappa shape index (κ3) is 3.25. The van der Waals surface area contributed by atoms with Gasteiger partial charge >= 0.3 is 12.0 Å². The molecule has 0 aliphatic heterocycles. The van der Waals surface area contributed by atoms with Crippen molar-refractivity contribution in [1.29, 1.82) is 0 Å². The minimum atomic E-state index is -0.515. The highest BCUT2D eigenvalue weighted by atomic mass is 16.6. The largest absolute Gasteiger partial charge is 0.463 e. The highest BCUT2D eigenvalue weighted by molar-refractivity contribution is 5.70. The molecule has 7 nitrogen and oxygen atoms in total. The van der Waals surface area contributed by atoms with Gasteiger partial charge < -0.3 is 14.7 Å². The van der Waals surface area contributed by atoms with Crippen LogP contribution < -0.4 is 4.74 Å². The van der Waals surface area contributed by atoms with Crippen molar-refractivity contribution in [2.45, 2.75) is 13.8 Å². The van der Waals surface area contributed by atoms with Crippen molar-refractivity contribution >= 4 is 5.97 Å². The van der Waals surface area contributed by atoms with Gasteiger partial charge in [-0.1, -0.05) is 39.8 Å². The summed E-state index contributed by atoms with van der Waals surface area (Å²) in [6.07, 6.45) is 0. The Hall–Kier alpha value is -2.57. The fraction of sp³-hybridized carbons (Fsp3) is 0.308. The molecule has 1 heterocycles. The number of rotatable bonds is 5. The highest BCUT2D eigenvalue weighted by Gasteiger charge is 2.13. The lowest BCUT2D eigenvalue weighted by Gasteiger charge is -2.00. The summed E-state index contributed by atoms with van der Waals surface area (Å²) in [5.74, 6) is -0.275. The van der Waals surface area contributed by atoms with E-state index >= 15 is 0 Å². The van der Waals surface area contributed by atoms with Gasteiger partial charge in [0.05, 0.1) is 6.61 Å². The Morgan fingerprint density at radius 3 is 2.70 bits per heavy atom. The molecule has 0 saturated heterocycles. The van der Waals surface area contributed by atoms with Crippen LogP contribution in [0.1, 0.15) is 12.5 Å². The lowest BCUT2D eigenvalue weighted by molar-refractivity contribution is -0.145. The number of carbonyl (C=O) groups excluding carboxylic acids is 1. The molecule has 0 bridgehead atoms. The first-order valence-electron chi connectivity index (χ1n) is 6.12. The molecule has 0 radical (unpaired) electrons. The average Bonchev–Trinajstić information content (AvgIpc) is 2.79. The van der Waals surface area contributed by atoms with Crippen molar-refractivity contribution in [2.24, 2.45) is 0 Å². The first kappa shape index (κ1) is 13.9. The van der Waals surface area contributed by atoms with Gasteiger partial charge in [0, 0.05) is 5.56 Å². The minimum Gasteiger partial charge on any atom is -0.463 e. The molecule has 0 spiro atoms. The van der Waals surface area contributed by atoms with Gasteiger partial charge in [-0.3, -0.25) is 0 Å². The molecular weight excluding hydrogens is 262 g/mol. The van der Waals surface area contributed by atoms with Crippen molar-refractivity contribution in [3.05, 3.63) is 29.8 Å². The molecule has 1 aromatic heterocycles. The van der Waals surface area contributed by atoms with E-state index in [1.165, 1.54) is 0 Å². The van der Waals surface area contributed by atoms with Crippen LogP contribution in [-0.2, 0) is 9.53 Å². The van der Waals surface area contributed by atoms with Crippen LogP contribution in [0.15, 0.2) is 24.3 Å². The zero-order valence-electron chi connectivity index (χ0n) is 11.2. The van der Waals surface area contributed by atoms with E-state index in [1.807, 2.05) is 19.1 Å². The van der Waals surface area contributed by atoms with Crippen molar-refractivity contribution < 1.29 is 19.5 Å². The van der Waals surface area contributed by atoms with Gasteiger partial charge in [0.1, 0.15) is 0 Å². The number of aromatic nitrogens is 3. The van der Waals surface area contributed by atoms with Crippen LogP contribution in [0.25, 0.3) is 11.4 Å². The number of nitrogens with zero attached hydrogens (tertiary/aromatic N) is 3. The van der Waals surface area contributed by atoms with Crippen molar-refractivity contribution in [3.63, 3.8) is 0 Å². The highest BCUT2D eigenvalue weighted by Crippen LogP contribution is 2.19. The van der Waals surface area contributed by atoms with Crippen molar-refractivity contribution in [1.82, 2.24) is 14.9 Å². The van der Waals surface area contributed by atoms with Gasteiger partial charge in [-0.2, -0.15) is 4.98 Å². The number of hydrogen-bond acceptors (Lipinski definition) is 6. The second-order valence-corrected chi connectivity index (χ2v) is 4.07. The van der Waals surface area contributed by atoms with E-state index in [0.29, 0.717) is 10.4 Å². The number of ether oxygens (including phenoxy) is 2. The topological polar surface area (TPSA) is 86.5 Å². The molecule has 0 amide bonds. The molecule has 2 rings (SSSR count). The van der Waals surface area contributed by atoms with Crippen LogP contribution in [-0.4, -0.2) is 39.3 Å². The Bertz CT molecular complexity index is 592. The third-order valence-corrected chi connectivity index (χ3v) is 2.51. The van der Waals surface area contributed by atoms with Gasteiger partial charge in [-0.15, -0.1) is 0 Å². The summed E-state index contributed by atoms with van der Waals surface area (Å²) in [5.41, 5.74) is 1.79. The summed E-state index contributed by atoms with van der Waals surface area (Å²) < 4.78 is 9.76. The lowest BCUT2D eigenvalue weighted by atomic mass is 10.1. The molecule has 0 fully saturated rings. The second kappa shape index (κ2) is 6.05. The Morgan fingerprint density at radius 2 is 2.05 bits per heavy atom. The predicted molar refractivity (Wildman–Crippen MR) is 69.5 cm³/mol. The monoisotopic (exact) mass is 277 g/mol. The molecule has 0 saturated carbocycles. The van der Waals surface area contributed by atoms with Gasteiger partial charge in [0.15, 0.2) is 6.61 Å². The third-order valence-electron chi connectivity index (χ3n) is 2.51. The SMILES string of the molecule is CCOC(=O)COc1nc(-c2ccc(C)cc2)n(O)n1. The normalized spacial score (nSPS) is 10.3. The fourth-order valence-corrected chi connectivity index (χ4v) is 1.56. The van der Waals surface area contributed by atoms with Gasteiger partial charge in [0.25, 0.3) is 0 Å². The standard InChI is InChI=1S/C13H15N3O4/c1-3-19-11(17)8-20-13-14-12(16(18)15-13)10-6-4-9(2)5-7-10/h4-7,18H,3,8H2,1-2H3. The fourth-order valence-electron chi connectivity index (χ4n) is 1.56. The molecule has 1 N–H and O–H groups in total. The Kier molecular flexibility index (Phi) is 4.19. The lowest BCUT2D eigenvalue weighted by Crippen LogP contribution is -2.15. The van der Waals surface area contributed by atoms with E-state index < -0.39 is 5.97 Å². The van der Waals surface area contributed by atoms with Crippen molar-refractivity contribution in [2.75, 3.05) is 13.2 Å². The Labute approximate surface area is 115 Å².